The molecule has 0 aromatic carbocycles. The highest BCUT2D eigenvalue weighted by Crippen LogP contribution is 2.24. The van der Waals surface area contributed by atoms with Crippen LogP contribution in [0.1, 0.15) is 28.0 Å². The molecular formula is C17H16N2O6S2. The van der Waals surface area contributed by atoms with Gasteiger partial charge in [-0.25, -0.2) is 18.2 Å². The molecule has 0 amide bonds. The van der Waals surface area contributed by atoms with Gasteiger partial charge in [0.1, 0.15) is 10.8 Å². The number of rotatable bonds is 6. The molecule has 0 aliphatic rings. The number of nitrogens with one attached hydrogen (secondary N) is 1. The van der Waals surface area contributed by atoms with Gasteiger partial charge in [0.2, 0.25) is 14.9 Å². The van der Waals surface area contributed by atoms with Crippen molar-refractivity contribution in [1.29, 1.82) is 0 Å². The largest absolute Gasteiger partial charge is 0.462 e. The van der Waals surface area contributed by atoms with Crippen LogP contribution in [0.15, 0.2) is 44.1 Å². The van der Waals surface area contributed by atoms with Crippen molar-refractivity contribution in [2.45, 2.75) is 24.7 Å². The Balaban J connectivity index is 1.94. The van der Waals surface area contributed by atoms with Crippen LogP contribution in [0.2, 0.25) is 0 Å². The molecule has 0 atom stereocenters. The monoisotopic (exact) mass is 408 g/mol. The first-order chi connectivity index (χ1) is 12.8. The van der Waals surface area contributed by atoms with Crippen molar-refractivity contribution in [2.24, 2.45) is 0 Å². The Hall–Kier alpha value is -2.72. The van der Waals surface area contributed by atoms with Crippen LogP contribution in [-0.4, -0.2) is 31.0 Å². The Morgan fingerprint density at radius 3 is 2.85 bits per heavy atom. The summed E-state index contributed by atoms with van der Waals surface area (Å²) in [6.07, 6.45) is 1.28. The average Bonchev–Trinajstić information content (AvgIpc) is 3.27. The Morgan fingerprint density at radius 1 is 1.41 bits per heavy atom. The number of hydrogen-bond donors (Lipinski definition) is 1. The number of thiazole rings is 1. The summed E-state index contributed by atoms with van der Waals surface area (Å²) in [5.41, 5.74) is 0.645. The molecule has 0 aliphatic carbocycles. The summed E-state index contributed by atoms with van der Waals surface area (Å²) in [5.74, 6) is -0.900. The number of pyridine rings is 1. The van der Waals surface area contributed by atoms with Gasteiger partial charge in [0.15, 0.2) is 0 Å². The molecular weight excluding hydrogens is 392 g/mol. The van der Waals surface area contributed by atoms with E-state index in [-0.39, 0.29) is 34.3 Å². The first-order valence-corrected chi connectivity index (χ1v) is 10.5. The summed E-state index contributed by atoms with van der Waals surface area (Å²) in [4.78, 5) is 31.1. The summed E-state index contributed by atoms with van der Waals surface area (Å²) in [5, 5.41) is 1.73. The topological polar surface area (TPSA) is 119 Å². The Morgan fingerprint density at radius 2 is 2.19 bits per heavy atom. The average molecular weight is 408 g/mol. The number of furan rings is 1. The van der Waals surface area contributed by atoms with E-state index < -0.39 is 21.4 Å². The van der Waals surface area contributed by atoms with Crippen LogP contribution in [0, 0.1) is 6.92 Å². The second-order valence-electron chi connectivity index (χ2n) is 5.59. The maximum atomic E-state index is 12.3. The van der Waals surface area contributed by atoms with Gasteiger partial charge in [-0.3, -0.25) is 4.79 Å². The van der Waals surface area contributed by atoms with Crippen molar-refractivity contribution in [3.05, 3.63) is 56.5 Å². The number of esters is 1. The summed E-state index contributed by atoms with van der Waals surface area (Å²) >= 11 is 1.11. The number of H-pyrrole nitrogens is 1. The predicted octanol–water partition coefficient (Wildman–Crippen LogP) is 2.55. The number of hydrogen-bond acceptors (Lipinski definition) is 8. The van der Waals surface area contributed by atoms with E-state index in [0.29, 0.717) is 10.7 Å². The minimum atomic E-state index is -3.66. The fraction of sp³-hybridized carbons (Fsp3) is 0.235. The molecule has 3 rings (SSSR count). The Labute approximate surface area is 158 Å². The lowest BCUT2D eigenvalue weighted by atomic mass is 10.1. The van der Waals surface area contributed by atoms with E-state index in [0.717, 1.165) is 11.3 Å². The zero-order valence-electron chi connectivity index (χ0n) is 14.5. The fourth-order valence-corrected chi connectivity index (χ4v) is 4.75. The number of aromatic amines is 1. The maximum Gasteiger partial charge on any atom is 0.339 e. The van der Waals surface area contributed by atoms with Crippen LogP contribution in [0.3, 0.4) is 0 Å². The molecule has 10 heteroatoms. The van der Waals surface area contributed by atoms with Crippen LogP contribution >= 0.6 is 11.3 Å². The van der Waals surface area contributed by atoms with Crippen molar-refractivity contribution in [1.82, 2.24) is 9.97 Å². The van der Waals surface area contributed by atoms with Gasteiger partial charge >= 0.3 is 5.97 Å². The Bertz CT molecular complexity index is 1130. The smallest absolute Gasteiger partial charge is 0.339 e. The van der Waals surface area contributed by atoms with Crippen molar-refractivity contribution in [2.75, 3.05) is 6.61 Å². The summed E-state index contributed by atoms with van der Waals surface area (Å²) in [6, 6.07) is 4.26. The van der Waals surface area contributed by atoms with Gasteiger partial charge in [-0.2, -0.15) is 0 Å². The normalized spacial score (nSPS) is 11.5. The van der Waals surface area contributed by atoms with Gasteiger partial charge in [-0.05, 0) is 32.0 Å². The van der Waals surface area contributed by atoms with E-state index in [9.17, 15) is 18.0 Å². The third-order valence-corrected chi connectivity index (χ3v) is 6.21. The standard InChI is InChI=1S/C17H16N2O6S2/c1-3-24-17(21)11-7-12(16(20)18-10(11)2)13-8-26-14(19-13)9-27(22,23)15-5-4-6-25-15/h4-8H,3,9H2,1-2H3,(H,18,20). The van der Waals surface area contributed by atoms with Gasteiger partial charge in [0.25, 0.3) is 5.56 Å². The van der Waals surface area contributed by atoms with Gasteiger partial charge < -0.3 is 14.1 Å². The van der Waals surface area contributed by atoms with Crippen LogP contribution in [-0.2, 0) is 20.3 Å². The zero-order valence-corrected chi connectivity index (χ0v) is 16.1. The first kappa shape index (κ1) is 19.1. The lowest BCUT2D eigenvalue weighted by molar-refractivity contribution is 0.0525. The lowest BCUT2D eigenvalue weighted by Gasteiger charge is -2.06. The molecule has 8 nitrogen and oxygen atoms in total. The molecule has 0 aliphatic heterocycles. The van der Waals surface area contributed by atoms with Gasteiger partial charge in [0.05, 0.1) is 29.7 Å². The predicted molar refractivity (Wildman–Crippen MR) is 98.5 cm³/mol. The van der Waals surface area contributed by atoms with E-state index in [1.54, 1.807) is 19.2 Å². The summed E-state index contributed by atoms with van der Waals surface area (Å²) in [7, 11) is -3.66. The summed E-state index contributed by atoms with van der Waals surface area (Å²) in [6.45, 7) is 3.49. The fourth-order valence-electron chi connectivity index (χ4n) is 2.41. The molecule has 27 heavy (non-hydrogen) atoms. The first-order valence-electron chi connectivity index (χ1n) is 7.94. The number of sulfone groups is 1. The number of aromatic nitrogens is 2. The maximum absolute atomic E-state index is 12.3. The SMILES string of the molecule is CCOC(=O)c1cc(-c2csc(CS(=O)(=O)c3ccco3)n2)c(=O)[nH]c1C. The number of carbonyl (C=O) groups excluding carboxylic acids is 1. The molecule has 0 saturated heterocycles. The van der Waals surface area contributed by atoms with E-state index in [2.05, 4.69) is 9.97 Å². The number of ether oxygens (including phenoxy) is 1. The van der Waals surface area contributed by atoms with Gasteiger partial charge in [0, 0.05) is 11.1 Å². The third kappa shape index (κ3) is 4.01. The van der Waals surface area contributed by atoms with E-state index >= 15 is 0 Å². The highest BCUT2D eigenvalue weighted by atomic mass is 32.2. The second-order valence-corrected chi connectivity index (χ2v) is 8.45. The summed E-state index contributed by atoms with van der Waals surface area (Å²) < 4.78 is 34.5. The van der Waals surface area contributed by atoms with E-state index in [1.807, 2.05) is 0 Å². The van der Waals surface area contributed by atoms with Crippen molar-refractivity contribution in [3.63, 3.8) is 0 Å². The molecule has 0 saturated carbocycles. The Kier molecular flexibility index (Phi) is 5.29. The molecule has 3 aromatic heterocycles. The van der Waals surface area contributed by atoms with Crippen LogP contribution < -0.4 is 5.56 Å². The highest BCUT2D eigenvalue weighted by molar-refractivity contribution is 7.90. The van der Waals surface area contributed by atoms with Crippen molar-refractivity contribution in [3.8, 4) is 11.3 Å². The molecule has 0 bridgehead atoms. The van der Waals surface area contributed by atoms with E-state index in [1.165, 1.54) is 24.5 Å². The number of aryl methyl sites for hydroxylation is 1. The molecule has 0 spiro atoms. The lowest BCUT2D eigenvalue weighted by Crippen LogP contribution is -2.16. The molecule has 1 N–H and O–H groups in total. The number of carbonyl (C=O) groups is 1. The molecule has 3 aromatic rings. The zero-order chi connectivity index (χ0) is 19.6. The van der Waals surface area contributed by atoms with Crippen molar-refractivity contribution >= 4 is 27.1 Å². The van der Waals surface area contributed by atoms with E-state index in [4.69, 9.17) is 9.15 Å². The van der Waals surface area contributed by atoms with Crippen molar-refractivity contribution < 1.29 is 22.4 Å². The minimum Gasteiger partial charge on any atom is -0.462 e. The molecule has 0 fully saturated rings. The van der Waals surface area contributed by atoms with Gasteiger partial charge in [-0.1, -0.05) is 0 Å². The quantitative estimate of drug-likeness (QED) is 0.622. The highest BCUT2D eigenvalue weighted by Gasteiger charge is 2.22. The molecule has 142 valence electrons. The second kappa shape index (κ2) is 7.49. The number of nitrogens with zero attached hydrogens (tertiary/aromatic N) is 1. The van der Waals surface area contributed by atoms with Crippen LogP contribution in [0.25, 0.3) is 11.3 Å². The van der Waals surface area contributed by atoms with Crippen LogP contribution in [0.5, 0.6) is 0 Å². The molecule has 0 unspecified atom stereocenters. The molecule has 3 heterocycles. The molecule has 0 radical (unpaired) electrons. The van der Waals surface area contributed by atoms with Crippen LogP contribution in [0.4, 0.5) is 0 Å². The third-order valence-electron chi connectivity index (χ3n) is 3.68. The minimum absolute atomic E-state index is 0.142. The van der Waals surface area contributed by atoms with Gasteiger partial charge in [-0.15, -0.1) is 11.3 Å².